The molecule has 1 aromatic rings. The number of sulfonamides is 1. The zero-order valence-corrected chi connectivity index (χ0v) is 11.4. The molecule has 1 aliphatic carbocycles. The van der Waals surface area contributed by atoms with Gasteiger partial charge in [-0.1, -0.05) is 0 Å². The molecule has 1 fully saturated rings. The lowest BCUT2D eigenvalue weighted by Crippen LogP contribution is -2.16. The van der Waals surface area contributed by atoms with E-state index >= 15 is 0 Å². The van der Waals surface area contributed by atoms with Crippen molar-refractivity contribution in [2.45, 2.75) is 24.7 Å². The summed E-state index contributed by atoms with van der Waals surface area (Å²) in [5.74, 6) is 0.142. The molecule has 0 aromatic heterocycles. The molecule has 0 heterocycles. The molecule has 0 saturated heterocycles. The number of anilines is 1. The molecular weight excluding hydrogens is 268 g/mol. The minimum absolute atomic E-state index is 0.0458. The van der Waals surface area contributed by atoms with Crippen LogP contribution < -0.4 is 15.2 Å². The highest BCUT2D eigenvalue weighted by Gasteiger charge is 2.29. The fourth-order valence-electron chi connectivity index (χ4n) is 1.67. The lowest BCUT2D eigenvalue weighted by atomic mass is 10.3. The predicted molar refractivity (Wildman–Crippen MR) is 70.3 cm³/mol. The van der Waals surface area contributed by atoms with Crippen LogP contribution in [0.5, 0.6) is 5.75 Å². The fraction of sp³-hybridized carbons (Fsp3) is 0.417. The first-order valence-corrected chi connectivity index (χ1v) is 7.57. The Morgan fingerprint density at radius 1 is 1.47 bits per heavy atom. The molecule has 0 atom stereocenters. The van der Waals surface area contributed by atoms with E-state index in [4.69, 9.17) is 9.88 Å². The first-order valence-electron chi connectivity index (χ1n) is 6.02. The monoisotopic (exact) mass is 284 g/mol. The number of benzene rings is 1. The number of nitrogens with one attached hydrogen (secondary N) is 1. The standard InChI is InChI=1S/C12H16N2O4S/c1-2-18-10-6-5-9(7-11(10)19(13,16)17)14-12(15)8-3-4-8/h5-8H,2-4H2,1H3,(H,14,15)(H2,13,16,17). The largest absolute Gasteiger partial charge is 0.492 e. The highest BCUT2D eigenvalue weighted by Crippen LogP contribution is 2.31. The average molecular weight is 284 g/mol. The molecule has 7 heteroatoms. The summed E-state index contributed by atoms with van der Waals surface area (Å²) in [6.07, 6.45) is 1.76. The van der Waals surface area contributed by atoms with Crippen LogP contribution in [0.4, 0.5) is 5.69 Å². The van der Waals surface area contributed by atoms with Gasteiger partial charge < -0.3 is 10.1 Å². The molecule has 1 saturated carbocycles. The third kappa shape index (κ3) is 3.45. The van der Waals surface area contributed by atoms with Gasteiger partial charge in [-0.15, -0.1) is 0 Å². The Bertz CT molecular complexity index is 594. The number of primary sulfonamides is 1. The second kappa shape index (κ2) is 5.18. The molecular formula is C12H16N2O4S. The Balaban J connectivity index is 2.29. The summed E-state index contributed by atoms with van der Waals surface area (Å²) < 4.78 is 28.2. The van der Waals surface area contributed by atoms with Crippen LogP contribution in [-0.2, 0) is 14.8 Å². The van der Waals surface area contributed by atoms with E-state index in [9.17, 15) is 13.2 Å². The Morgan fingerprint density at radius 2 is 2.16 bits per heavy atom. The lowest BCUT2D eigenvalue weighted by Gasteiger charge is -2.11. The number of amides is 1. The van der Waals surface area contributed by atoms with Crippen molar-refractivity contribution in [2.24, 2.45) is 11.1 Å². The molecule has 0 spiro atoms. The summed E-state index contributed by atoms with van der Waals surface area (Å²) in [4.78, 5) is 11.5. The second-order valence-electron chi connectivity index (χ2n) is 4.40. The zero-order chi connectivity index (χ0) is 14.0. The van der Waals surface area contributed by atoms with Crippen molar-refractivity contribution in [2.75, 3.05) is 11.9 Å². The van der Waals surface area contributed by atoms with Gasteiger partial charge in [-0.3, -0.25) is 4.79 Å². The molecule has 19 heavy (non-hydrogen) atoms. The first kappa shape index (κ1) is 13.8. The van der Waals surface area contributed by atoms with E-state index in [0.29, 0.717) is 12.3 Å². The summed E-state index contributed by atoms with van der Waals surface area (Å²) in [5, 5.41) is 7.81. The number of ether oxygens (including phenoxy) is 1. The van der Waals surface area contributed by atoms with Crippen molar-refractivity contribution in [1.29, 1.82) is 0 Å². The van der Waals surface area contributed by atoms with Gasteiger partial charge >= 0.3 is 0 Å². The molecule has 1 amide bonds. The van der Waals surface area contributed by atoms with Crippen molar-refractivity contribution in [3.8, 4) is 5.75 Å². The number of hydrogen-bond acceptors (Lipinski definition) is 4. The second-order valence-corrected chi connectivity index (χ2v) is 5.93. The molecule has 0 aliphatic heterocycles. The van der Waals surface area contributed by atoms with E-state index in [1.54, 1.807) is 13.0 Å². The molecule has 3 N–H and O–H groups in total. The number of rotatable bonds is 5. The first-order chi connectivity index (χ1) is 8.91. The van der Waals surface area contributed by atoms with Gasteiger partial charge in [0.2, 0.25) is 15.9 Å². The van der Waals surface area contributed by atoms with E-state index in [-0.39, 0.29) is 22.5 Å². The van der Waals surface area contributed by atoms with Crippen molar-refractivity contribution >= 4 is 21.6 Å². The van der Waals surface area contributed by atoms with Gasteiger partial charge in [-0.25, -0.2) is 13.6 Å². The normalized spacial score (nSPS) is 15.1. The molecule has 0 radical (unpaired) electrons. The molecule has 6 nitrogen and oxygen atoms in total. The third-order valence-electron chi connectivity index (χ3n) is 2.77. The highest BCUT2D eigenvalue weighted by molar-refractivity contribution is 7.89. The predicted octanol–water partition coefficient (Wildman–Crippen LogP) is 1.08. The smallest absolute Gasteiger partial charge is 0.241 e. The van der Waals surface area contributed by atoms with E-state index in [1.165, 1.54) is 12.1 Å². The Kier molecular flexibility index (Phi) is 3.77. The summed E-state index contributed by atoms with van der Waals surface area (Å²) in [6.45, 7) is 2.08. The molecule has 1 aliphatic rings. The minimum Gasteiger partial charge on any atom is -0.492 e. The average Bonchev–Trinajstić information content (AvgIpc) is 3.14. The van der Waals surface area contributed by atoms with Crippen LogP contribution in [0.3, 0.4) is 0 Å². The fourth-order valence-corrected chi connectivity index (χ4v) is 2.37. The van der Waals surface area contributed by atoms with Crippen molar-refractivity contribution < 1.29 is 17.9 Å². The van der Waals surface area contributed by atoms with Crippen LogP contribution in [0.15, 0.2) is 23.1 Å². The van der Waals surface area contributed by atoms with Gasteiger partial charge in [-0.05, 0) is 38.0 Å². The molecule has 0 unspecified atom stereocenters. The van der Waals surface area contributed by atoms with Gasteiger partial charge in [-0.2, -0.15) is 0 Å². The molecule has 0 bridgehead atoms. The number of hydrogen-bond donors (Lipinski definition) is 2. The summed E-state index contributed by atoms with van der Waals surface area (Å²) in [6, 6.07) is 4.41. The van der Waals surface area contributed by atoms with Crippen LogP contribution in [0, 0.1) is 5.92 Å². The maximum Gasteiger partial charge on any atom is 0.241 e. The molecule has 2 rings (SSSR count). The van der Waals surface area contributed by atoms with E-state index in [0.717, 1.165) is 12.8 Å². The third-order valence-corrected chi connectivity index (χ3v) is 3.70. The molecule has 104 valence electrons. The maximum atomic E-state index is 11.6. The maximum absolute atomic E-state index is 11.6. The Labute approximate surface area is 112 Å². The van der Waals surface area contributed by atoms with Gasteiger partial charge in [0, 0.05) is 11.6 Å². The molecule has 1 aromatic carbocycles. The van der Waals surface area contributed by atoms with Crippen molar-refractivity contribution in [3.05, 3.63) is 18.2 Å². The van der Waals surface area contributed by atoms with Crippen LogP contribution in [0.2, 0.25) is 0 Å². The van der Waals surface area contributed by atoms with Crippen LogP contribution >= 0.6 is 0 Å². The van der Waals surface area contributed by atoms with E-state index < -0.39 is 10.0 Å². The number of nitrogens with two attached hydrogens (primary N) is 1. The van der Waals surface area contributed by atoms with Gasteiger partial charge in [0.15, 0.2) is 0 Å². The summed E-state index contributed by atoms with van der Waals surface area (Å²) in [5.41, 5.74) is 0.407. The van der Waals surface area contributed by atoms with E-state index in [1.807, 2.05) is 0 Å². The quantitative estimate of drug-likeness (QED) is 0.845. The Morgan fingerprint density at radius 3 is 2.68 bits per heavy atom. The van der Waals surface area contributed by atoms with Gasteiger partial charge in [0.25, 0.3) is 0 Å². The Hall–Kier alpha value is -1.60. The summed E-state index contributed by atoms with van der Waals surface area (Å²) in [7, 11) is -3.89. The van der Waals surface area contributed by atoms with Crippen LogP contribution in [0.25, 0.3) is 0 Å². The lowest BCUT2D eigenvalue weighted by molar-refractivity contribution is -0.117. The van der Waals surface area contributed by atoms with Crippen LogP contribution in [-0.4, -0.2) is 20.9 Å². The SMILES string of the molecule is CCOc1ccc(NC(=O)C2CC2)cc1S(N)(=O)=O. The minimum atomic E-state index is -3.89. The summed E-state index contributed by atoms with van der Waals surface area (Å²) >= 11 is 0. The number of carbonyl (C=O) groups is 1. The zero-order valence-electron chi connectivity index (χ0n) is 10.5. The van der Waals surface area contributed by atoms with Crippen LogP contribution in [0.1, 0.15) is 19.8 Å². The van der Waals surface area contributed by atoms with Gasteiger partial charge in [0.05, 0.1) is 6.61 Å². The van der Waals surface area contributed by atoms with Gasteiger partial charge in [0.1, 0.15) is 10.6 Å². The van der Waals surface area contributed by atoms with E-state index in [2.05, 4.69) is 5.32 Å². The van der Waals surface area contributed by atoms with Crippen molar-refractivity contribution in [1.82, 2.24) is 0 Å². The topological polar surface area (TPSA) is 98.5 Å². The highest BCUT2D eigenvalue weighted by atomic mass is 32.2. The number of carbonyl (C=O) groups excluding carboxylic acids is 1. The van der Waals surface area contributed by atoms with Crippen molar-refractivity contribution in [3.63, 3.8) is 0 Å².